The van der Waals surface area contributed by atoms with Crippen molar-refractivity contribution in [3.63, 3.8) is 0 Å². The number of hydrogen-bond donors (Lipinski definition) is 2. The van der Waals surface area contributed by atoms with Crippen LogP contribution in [0.1, 0.15) is 12.0 Å². The molecule has 0 fully saturated rings. The Morgan fingerprint density at radius 2 is 1.83 bits per heavy atom. The van der Waals surface area contributed by atoms with Crippen LogP contribution in [0.15, 0.2) is 75.7 Å². The van der Waals surface area contributed by atoms with E-state index in [4.69, 9.17) is 0 Å². The highest BCUT2D eigenvalue weighted by molar-refractivity contribution is 8.03. The van der Waals surface area contributed by atoms with Gasteiger partial charge in [-0.1, -0.05) is 54.2 Å². The number of ketones is 1. The van der Waals surface area contributed by atoms with Crippen LogP contribution >= 0.6 is 11.8 Å². The molecule has 0 radical (unpaired) electrons. The van der Waals surface area contributed by atoms with Crippen molar-refractivity contribution in [2.45, 2.75) is 23.8 Å². The number of thioether (sulfide) groups is 1. The minimum atomic E-state index is -0.747. The van der Waals surface area contributed by atoms with Crippen LogP contribution < -0.4 is 0 Å². The van der Waals surface area contributed by atoms with Crippen LogP contribution in [0.5, 0.6) is 0 Å². The van der Waals surface area contributed by atoms with Gasteiger partial charge < -0.3 is 10.2 Å². The monoisotopic (exact) mass is 336 g/mol. The van der Waals surface area contributed by atoms with Gasteiger partial charge in [-0.3, -0.25) is 4.79 Å². The highest BCUT2D eigenvalue weighted by atomic mass is 32.2. The third-order valence-electron chi connectivity index (χ3n) is 4.31. The average molecular weight is 336 g/mol. The fourth-order valence-electron chi connectivity index (χ4n) is 3.13. The summed E-state index contributed by atoms with van der Waals surface area (Å²) in [6, 6.07) is 16.2. The number of aliphatic hydroxyl groups is 2. The van der Waals surface area contributed by atoms with Crippen molar-refractivity contribution in [1.29, 1.82) is 0 Å². The molecule has 3 nitrogen and oxygen atoms in total. The van der Waals surface area contributed by atoms with Gasteiger partial charge in [-0.2, -0.15) is 0 Å². The topological polar surface area (TPSA) is 57.5 Å². The van der Waals surface area contributed by atoms with Crippen LogP contribution in [-0.4, -0.2) is 22.1 Å². The lowest BCUT2D eigenvalue weighted by atomic mass is 9.95. The summed E-state index contributed by atoms with van der Waals surface area (Å²) in [7, 11) is 0. The third-order valence-corrected chi connectivity index (χ3v) is 5.47. The molecule has 1 heterocycles. The minimum Gasteiger partial charge on any atom is -0.511 e. The fraction of sp³-hybridized carbons (Fsp3) is 0.150. The quantitative estimate of drug-likeness (QED) is 0.825. The van der Waals surface area contributed by atoms with Crippen LogP contribution in [0.25, 0.3) is 11.1 Å². The van der Waals surface area contributed by atoms with E-state index in [-0.39, 0.29) is 24.4 Å². The van der Waals surface area contributed by atoms with Crippen molar-refractivity contribution in [2.75, 3.05) is 0 Å². The Morgan fingerprint density at radius 1 is 1.04 bits per heavy atom. The predicted octanol–water partition coefficient (Wildman–Crippen LogP) is 4.03. The highest BCUT2D eigenvalue weighted by Crippen LogP contribution is 2.43. The van der Waals surface area contributed by atoms with Crippen molar-refractivity contribution < 1.29 is 15.0 Å². The molecule has 2 aliphatic rings. The first-order valence-corrected chi connectivity index (χ1v) is 8.65. The zero-order valence-electron chi connectivity index (χ0n) is 12.9. The molecule has 2 aromatic carbocycles. The van der Waals surface area contributed by atoms with Crippen LogP contribution in [-0.2, 0) is 11.2 Å². The van der Waals surface area contributed by atoms with Gasteiger partial charge in [0.2, 0.25) is 0 Å². The molecule has 24 heavy (non-hydrogen) atoms. The lowest BCUT2D eigenvalue weighted by Gasteiger charge is -2.18. The molecule has 4 rings (SSSR count). The smallest absolute Gasteiger partial charge is 0.171 e. The minimum absolute atomic E-state index is 0.00594. The summed E-state index contributed by atoms with van der Waals surface area (Å²) in [6.07, 6.45) is 1.30. The van der Waals surface area contributed by atoms with E-state index in [1.165, 1.54) is 11.8 Å². The number of benzene rings is 2. The van der Waals surface area contributed by atoms with Crippen LogP contribution in [0.3, 0.4) is 0 Å². The molecule has 0 spiro atoms. The SMILES string of the molecule is O=C1Cc2ccc(-c3ccccc3)cc2SC2=CC(O)CC(O)=C12. The van der Waals surface area contributed by atoms with Gasteiger partial charge in [-0.25, -0.2) is 0 Å². The largest absolute Gasteiger partial charge is 0.511 e. The van der Waals surface area contributed by atoms with E-state index in [2.05, 4.69) is 18.2 Å². The van der Waals surface area contributed by atoms with Crippen LogP contribution in [0.2, 0.25) is 0 Å². The van der Waals surface area contributed by atoms with Crippen molar-refractivity contribution in [1.82, 2.24) is 0 Å². The molecule has 1 atom stereocenters. The molecule has 0 saturated carbocycles. The Morgan fingerprint density at radius 3 is 2.62 bits per heavy atom. The van der Waals surface area contributed by atoms with Gasteiger partial charge in [-0.05, 0) is 28.8 Å². The molecule has 1 aliphatic carbocycles. The maximum absolute atomic E-state index is 12.5. The summed E-state index contributed by atoms with van der Waals surface area (Å²) in [4.78, 5) is 14.2. The third kappa shape index (κ3) is 2.68. The molecular formula is C20H16O3S. The second-order valence-corrected chi connectivity index (χ2v) is 7.10. The standard InChI is InChI=1S/C20H16O3S/c21-15-10-17(23)20-16(22)8-14-7-6-13(12-4-2-1-3-5-12)9-18(14)24-19(20)11-15/h1-7,9,11,15,21,23H,8,10H2. The maximum Gasteiger partial charge on any atom is 0.171 e. The number of aliphatic hydroxyl groups excluding tert-OH is 2. The van der Waals surface area contributed by atoms with E-state index in [1.807, 2.05) is 30.3 Å². The van der Waals surface area contributed by atoms with Crippen LogP contribution in [0.4, 0.5) is 0 Å². The second-order valence-electron chi connectivity index (χ2n) is 6.01. The number of carbonyl (C=O) groups is 1. The fourth-order valence-corrected chi connectivity index (χ4v) is 4.38. The highest BCUT2D eigenvalue weighted by Gasteiger charge is 2.30. The first-order valence-electron chi connectivity index (χ1n) is 7.83. The van der Waals surface area contributed by atoms with E-state index in [0.717, 1.165) is 21.6 Å². The summed E-state index contributed by atoms with van der Waals surface area (Å²) >= 11 is 1.44. The summed E-state index contributed by atoms with van der Waals surface area (Å²) in [6.45, 7) is 0. The summed E-state index contributed by atoms with van der Waals surface area (Å²) in [5.74, 6) is -0.0991. The van der Waals surface area contributed by atoms with E-state index >= 15 is 0 Å². The summed E-state index contributed by atoms with van der Waals surface area (Å²) in [5, 5.41) is 20.0. The van der Waals surface area contributed by atoms with Gasteiger partial charge in [0.05, 0.1) is 11.7 Å². The van der Waals surface area contributed by atoms with Gasteiger partial charge in [0, 0.05) is 22.6 Å². The molecule has 120 valence electrons. The Labute approximate surface area is 144 Å². The van der Waals surface area contributed by atoms with Crippen molar-refractivity contribution in [3.05, 3.63) is 76.4 Å². The number of Topliss-reactive ketones (excluding diaryl/α,β-unsaturated/α-hetero) is 1. The molecule has 1 aliphatic heterocycles. The second kappa shape index (κ2) is 5.96. The summed E-state index contributed by atoms with van der Waals surface area (Å²) in [5.41, 5.74) is 3.52. The molecule has 0 bridgehead atoms. The first kappa shape index (κ1) is 15.2. The molecule has 0 aromatic heterocycles. The Kier molecular flexibility index (Phi) is 3.79. The zero-order valence-corrected chi connectivity index (χ0v) is 13.7. The van der Waals surface area contributed by atoms with E-state index in [0.29, 0.717) is 10.5 Å². The molecule has 0 amide bonds. The van der Waals surface area contributed by atoms with Gasteiger partial charge in [0.1, 0.15) is 5.76 Å². The van der Waals surface area contributed by atoms with E-state index in [1.54, 1.807) is 6.08 Å². The Hall–Kier alpha value is -2.30. The molecule has 1 unspecified atom stereocenters. The van der Waals surface area contributed by atoms with Gasteiger partial charge in [-0.15, -0.1) is 0 Å². The van der Waals surface area contributed by atoms with E-state index < -0.39 is 6.10 Å². The van der Waals surface area contributed by atoms with Crippen molar-refractivity contribution in [3.8, 4) is 11.1 Å². The molecule has 4 heteroatoms. The number of carbonyl (C=O) groups excluding carboxylic acids is 1. The molecule has 0 saturated heterocycles. The Bertz CT molecular complexity index is 881. The van der Waals surface area contributed by atoms with Gasteiger partial charge in [0.15, 0.2) is 5.78 Å². The number of allylic oxidation sites excluding steroid dienone is 1. The number of rotatable bonds is 1. The average Bonchev–Trinajstić information content (AvgIpc) is 2.70. The molecular weight excluding hydrogens is 320 g/mol. The van der Waals surface area contributed by atoms with Gasteiger partial charge >= 0.3 is 0 Å². The number of fused-ring (bicyclic) bond motifs is 2. The predicted molar refractivity (Wildman–Crippen MR) is 94.8 cm³/mol. The van der Waals surface area contributed by atoms with E-state index in [9.17, 15) is 15.0 Å². The van der Waals surface area contributed by atoms with Crippen molar-refractivity contribution >= 4 is 17.5 Å². The lowest BCUT2D eigenvalue weighted by molar-refractivity contribution is -0.114. The van der Waals surface area contributed by atoms with Gasteiger partial charge in [0.25, 0.3) is 0 Å². The van der Waals surface area contributed by atoms with Crippen LogP contribution in [0, 0.1) is 0 Å². The van der Waals surface area contributed by atoms with Crippen molar-refractivity contribution in [2.24, 2.45) is 0 Å². The number of hydrogen-bond acceptors (Lipinski definition) is 4. The lowest BCUT2D eigenvalue weighted by Crippen LogP contribution is -2.17. The zero-order chi connectivity index (χ0) is 16.7. The summed E-state index contributed by atoms with van der Waals surface area (Å²) < 4.78 is 0. The first-order chi connectivity index (χ1) is 11.6. The molecule has 2 aromatic rings. The Balaban J connectivity index is 1.80. The normalized spacial score (nSPS) is 20.1. The maximum atomic E-state index is 12.5. The molecule has 2 N–H and O–H groups in total.